The van der Waals surface area contributed by atoms with Gasteiger partial charge in [-0.15, -0.1) is 0 Å². The summed E-state index contributed by atoms with van der Waals surface area (Å²) in [4.78, 5) is 17.9. The number of nitrogens with one attached hydrogen (secondary N) is 2. The van der Waals surface area contributed by atoms with E-state index in [-0.39, 0.29) is 11.7 Å². The number of ether oxygens (including phenoxy) is 1. The maximum absolute atomic E-state index is 13.6. The van der Waals surface area contributed by atoms with Crippen LogP contribution >= 0.6 is 0 Å². The van der Waals surface area contributed by atoms with Crippen LogP contribution < -0.4 is 15.4 Å². The largest absolute Gasteiger partial charge is 0.489 e. The van der Waals surface area contributed by atoms with Gasteiger partial charge in [0.15, 0.2) is 0 Å². The van der Waals surface area contributed by atoms with Crippen molar-refractivity contribution in [1.29, 1.82) is 0 Å². The molecule has 2 heterocycles. The second-order valence-electron chi connectivity index (χ2n) is 8.85. The third-order valence-corrected chi connectivity index (χ3v) is 6.18. The molecule has 1 aliphatic rings. The summed E-state index contributed by atoms with van der Waals surface area (Å²) in [5, 5.41) is 10.6. The van der Waals surface area contributed by atoms with Crippen molar-refractivity contribution in [3.05, 3.63) is 112 Å². The van der Waals surface area contributed by atoms with E-state index in [1.54, 1.807) is 16.8 Å². The smallest absolute Gasteiger partial charge is 0.255 e. The summed E-state index contributed by atoms with van der Waals surface area (Å²) in [5.41, 5.74) is 5.88. The standard InChI is InChI=1S/C28H26FN5O2/c1-17-4-13-24(18(2)14-17)33-27(35)25-19(3)32-28-30-16-31-34(28)26(25)21-7-11-23(12-8-21)36-15-20-5-9-22(29)10-6-20/h4-14,16,26H,15H2,1-3H3,(H,33,35)(H,30,31,32)/t26-/m0/s1. The molecule has 0 saturated heterocycles. The Morgan fingerprint density at radius 2 is 1.81 bits per heavy atom. The Labute approximate surface area is 208 Å². The summed E-state index contributed by atoms with van der Waals surface area (Å²) in [6.45, 7) is 6.18. The fourth-order valence-electron chi connectivity index (χ4n) is 4.33. The highest BCUT2D eigenvalue weighted by atomic mass is 19.1. The normalized spacial score (nSPS) is 14.7. The van der Waals surface area contributed by atoms with Gasteiger partial charge in [0.1, 0.15) is 30.5 Å². The molecular weight excluding hydrogens is 457 g/mol. The predicted molar refractivity (Wildman–Crippen MR) is 136 cm³/mol. The zero-order valence-electron chi connectivity index (χ0n) is 20.2. The number of amides is 1. The number of carbonyl (C=O) groups excluding carboxylic acids is 1. The second kappa shape index (κ2) is 9.65. The molecule has 0 spiro atoms. The van der Waals surface area contributed by atoms with Gasteiger partial charge in [-0.1, -0.05) is 42.0 Å². The predicted octanol–water partition coefficient (Wildman–Crippen LogP) is 5.54. The van der Waals surface area contributed by atoms with Gasteiger partial charge in [-0.3, -0.25) is 4.79 Å². The van der Waals surface area contributed by atoms with Gasteiger partial charge in [-0.05, 0) is 67.8 Å². The Morgan fingerprint density at radius 3 is 2.53 bits per heavy atom. The fraction of sp³-hybridized carbons (Fsp3) is 0.179. The van der Waals surface area contributed by atoms with Crippen molar-refractivity contribution in [2.45, 2.75) is 33.4 Å². The molecule has 4 aromatic rings. The highest BCUT2D eigenvalue weighted by molar-refractivity contribution is 6.06. The van der Waals surface area contributed by atoms with Crippen LogP contribution in [0.25, 0.3) is 0 Å². The zero-order valence-corrected chi connectivity index (χ0v) is 20.2. The lowest BCUT2D eigenvalue weighted by molar-refractivity contribution is -0.113. The number of fused-ring (bicyclic) bond motifs is 1. The van der Waals surface area contributed by atoms with Gasteiger partial charge >= 0.3 is 0 Å². The van der Waals surface area contributed by atoms with Crippen LogP contribution in [0.15, 0.2) is 84.3 Å². The van der Waals surface area contributed by atoms with Crippen LogP contribution in [-0.2, 0) is 11.4 Å². The number of halogens is 1. The maximum atomic E-state index is 13.6. The quantitative estimate of drug-likeness (QED) is 0.376. The van der Waals surface area contributed by atoms with Gasteiger partial charge < -0.3 is 15.4 Å². The maximum Gasteiger partial charge on any atom is 0.255 e. The molecule has 0 unspecified atom stereocenters. The molecule has 5 rings (SSSR count). The van der Waals surface area contributed by atoms with E-state index in [2.05, 4.69) is 20.7 Å². The number of carbonyl (C=O) groups is 1. The molecule has 3 aromatic carbocycles. The minimum Gasteiger partial charge on any atom is -0.489 e. The van der Waals surface area contributed by atoms with Crippen LogP contribution in [-0.4, -0.2) is 20.7 Å². The summed E-state index contributed by atoms with van der Waals surface area (Å²) in [6.07, 6.45) is 1.47. The van der Waals surface area contributed by atoms with E-state index in [0.29, 0.717) is 29.6 Å². The molecule has 0 radical (unpaired) electrons. The van der Waals surface area contributed by atoms with E-state index >= 15 is 0 Å². The van der Waals surface area contributed by atoms with E-state index in [1.165, 1.54) is 18.5 Å². The first-order chi connectivity index (χ1) is 17.4. The van der Waals surface area contributed by atoms with E-state index < -0.39 is 6.04 Å². The summed E-state index contributed by atoms with van der Waals surface area (Å²) in [7, 11) is 0. The van der Waals surface area contributed by atoms with Crippen molar-refractivity contribution < 1.29 is 13.9 Å². The van der Waals surface area contributed by atoms with E-state index in [4.69, 9.17) is 4.74 Å². The Balaban J connectivity index is 1.41. The molecule has 8 heteroatoms. The van der Waals surface area contributed by atoms with Crippen LogP contribution in [0.1, 0.15) is 35.2 Å². The van der Waals surface area contributed by atoms with Crippen molar-refractivity contribution >= 4 is 17.5 Å². The SMILES string of the molecule is CC1=C(C(=O)Nc2ccc(C)cc2C)[C@H](c2ccc(OCc3ccc(F)cc3)cc2)n2ncnc2N1. The average Bonchev–Trinajstić information content (AvgIpc) is 3.33. The highest BCUT2D eigenvalue weighted by Gasteiger charge is 2.33. The lowest BCUT2D eigenvalue weighted by Crippen LogP contribution is -2.31. The minimum absolute atomic E-state index is 0.213. The molecule has 1 amide bonds. The lowest BCUT2D eigenvalue weighted by atomic mass is 9.94. The summed E-state index contributed by atoms with van der Waals surface area (Å²) >= 11 is 0. The minimum atomic E-state index is -0.472. The number of anilines is 2. The Kier molecular flexibility index (Phi) is 6.25. The van der Waals surface area contributed by atoms with Crippen LogP contribution in [0.4, 0.5) is 16.0 Å². The monoisotopic (exact) mass is 483 g/mol. The van der Waals surface area contributed by atoms with Crippen LogP contribution in [0.2, 0.25) is 0 Å². The van der Waals surface area contributed by atoms with Crippen molar-refractivity contribution in [2.24, 2.45) is 0 Å². The number of aryl methyl sites for hydroxylation is 2. The number of rotatable bonds is 6. The summed E-state index contributed by atoms with van der Waals surface area (Å²) in [6, 6.07) is 19.2. The molecule has 0 aliphatic carbocycles. The summed E-state index contributed by atoms with van der Waals surface area (Å²) in [5.74, 6) is 0.739. The Morgan fingerprint density at radius 1 is 1.06 bits per heavy atom. The first-order valence-corrected chi connectivity index (χ1v) is 11.6. The molecule has 0 fully saturated rings. The van der Waals surface area contributed by atoms with Crippen molar-refractivity contribution in [2.75, 3.05) is 10.6 Å². The van der Waals surface area contributed by atoms with Gasteiger partial charge in [-0.2, -0.15) is 10.1 Å². The zero-order chi connectivity index (χ0) is 25.2. The lowest BCUT2D eigenvalue weighted by Gasteiger charge is -2.29. The number of allylic oxidation sites excluding steroid dienone is 1. The molecule has 1 atom stereocenters. The first-order valence-electron chi connectivity index (χ1n) is 11.6. The molecule has 36 heavy (non-hydrogen) atoms. The number of nitrogens with zero attached hydrogens (tertiary/aromatic N) is 3. The van der Waals surface area contributed by atoms with Crippen molar-refractivity contribution in [3.63, 3.8) is 0 Å². The van der Waals surface area contributed by atoms with Gasteiger partial charge in [0.25, 0.3) is 5.91 Å². The summed E-state index contributed by atoms with van der Waals surface area (Å²) < 4.78 is 20.7. The van der Waals surface area contributed by atoms with Gasteiger partial charge in [0.2, 0.25) is 5.95 Å². The highest BCUT2D eigenvalue weighted by Crippen LogP contribution is 2.36. The number of benzene rings is 3. The Bertz CT molecular complexity index is 1440. The first kappa shape index (κ1) is 23.3. The number of aromatic nitrogens is 3. The molecule has 0 bridgehead atoms. The molecule has 7 nitrogen and oxygen atoms in total. The van der Waals surface area contributed by atoms with Gasteiger partial charge in [-0.25, -0.2) is 9.07 Å². The van der Waals surface area contributed by atoms with Crippen LogP contribution in [0.3, 0.4) is 0 Å². The van der Waals surface area contributed by atoms with Gasteiger partial charge in [0.05, 0.1) is 5.57 Å². The molecule has 182 valence electrons. The van der Waals surface area contributed by atoms with Crippen LogP contribution in [0, 0.1) is 19.7 Å². The average molecular weight is 484 g/mol. The van der Waals surface area contributed by atoms with Crippen LogP contribution in [0.5, 0.6) is 5.75 Å². The number of hydrogen-bond donors (Lipinski definition) is 2. The molecule has 1 aliphatic heterocycles. The molecular formula is C28H26FN5O2. The third kappa shape index (κ3) is 4.70. The van der Waals surface area contributed by atoms with Gasteiger partial charge in [0, 0.05) is 11.4 Å². The third-order valence-electron chi connectivity index (χ3n) is 6.18. The Hall–Kier alpha value is -4.46. The van der Waals surface area contributed by atoms with E-state index in [0.717, 1.165) is 27.9 Å². The molecule has 0 saturated carbocycles. The molecule has 1 aromatic heterocycles. The van der Waals surface area contributed by atoms with E-state index in [9.17, 15) is 9.18 Å². The van der Waals surface area contributed by atoms with Crippen molar-refractivity contribution in [3.8, 4) is 5.75 Å². The second-order valence-corrected chi connectivity index (χ2v) is 8.85. The van der Waals surface area contributed by atoms with Crippen molar-refractivity contribution in [1.82, 2.24) is 14.8 Å². The topological polar surface area (TPSA) is 81.1 Å². The fourth-order valence-corrected chi connectivity index (χ4v) is 4.33. The molecule has 2 N–H and O–H groups in total. The number of hydrogen-bond acceptors (Lipinski definition) is 5. The van der Waals surface area contributed by atoms with E-state index in [1.807, 2.05) is 63.2 Å².